The molecule has 0 atom stereocenters. The molecule has 1 N–H and O–H groups in total. The first-order chi connectivity index (χ1) is 9.35. The SMILES string of the molecule is CCCCn1ccnc1Nc1ccccc1CCC. The van der Waals surface area contributed by atoms with Crippen LogP contribution in [0, 0.1) is 0 Å². The maximum atomic E-state index is 4.42. The van der Waals surface area contributed by atoms with Crippen LogP contribution in [-0.4, -0.2) is 9.55 Å². The van der Waals surface area contributed by atoms with E-state index >= 15 is 0 Å². The average Bonchev–Trinajstić information content (AvgIpc) is 2.86. The van der Waals surface area contributed by atoms with Crippen LogP contribution in [-0.2, 0) is 13.0 Å². The third-order valence-corrected chi connectivity index (χ3v) is 3.25. The maximum Gasteiger partial charge on any atom is 0.207 e. The predicted octanol–water partition coefficient (Wildman–Crippen LogP) is 4.38. The smallest absolute Gasteiger partial charge is 0.207 e. The van der Waals surface area contributed by atoms with Gasteiger partial charge < -0.3 is 9.88 Å². The molecule has 0 spiro atoms. The molecule has 3 heteroatoms. The van der Waals surface area contributed by atoms with Crippen molar-refractivity contribution in [3.63, 3.8) is 0 Å². The molecule has 0 radical (unpaired) electrons. The number of aryl methyl sites for hydroxylation is 2. The van der Waals surface area contributed by atoms with E-state index in [0.717, 1.165) is 25.3 Å². The van der Waals surface area contributed by atoms with Crippen LogP contribution in [0.3, 0.4) is 0 Å². The summed E-state index contributed by atoms with van der Waals surface area (Å²) in [6.07, 6.45) is 8.54. The topological polar surface area (TPSA) is 29.9 Å². The van der Waals surface area contributed by atoms with Gasteiger partial charge in [-0.3, -0.25) is 0 Å². The summed E-state index contributed by atoms with van der Waals surface area (Å²) in [5.74, 6) is 0.942. The van der Waals surface area contributed by atoms with E-state index in [-0.39, 0.29) is 0 Å². The summed E-state index contributed by atoms with van der Waals surface area (Å²) >= 11 is 0. The van der Waals surface area contributed by atoms with Gasteiger partial charge in [0.15, 0.2) is 0 Å². The standard InChI is InChI=1S/C16H23N3/c1-3-5-12-19-13-11-17-16(19)18-15-10-7-6-9-14(15)8-4-2/h6-7,9-11,13H,3-5,8,12H2,1-2H3,(H,17,18). The highest BCUT2D eigenvalue weighted by molar-refractivity contribution is 5.58. The van der Waals surface area contributed by atoms with Crippen molar-refractivity contribution in [1.29, 1.82) is 0 Å². The Morgan fingerprint density at radius 1 is 1.16 bits per heavy atom. The Balaban J connectivity index is 2.14. The monoisotopic (exact) mass is 257 g/mol. The van der Waals surface area contributed by atoms with Gasteiger partial charge in [-0.2, -0.15) is 0 Å². The van der Waals surface area contributed by atoms with Gasteiger partial charge in [-0.25, -0.2) is 4.98 Å². The zero-order valence-corrected chi connectivity index (χ0v) is 11.9. The van der Waals surface area contributed by atoms with Crippen molar-refractivity contribution in [3.05, 3.63) is 42.2 Å². The summed E-state index contributed by atoms with van der Waals surface area (Å²) in [5, 5.41) is 3.47. The van der Waals surface area contributed by atoms with Gasteiger partial charge in [0, 0.05) is 24.6 Å². The lowest BCUT2D eigenvalue weighted by Crippen LogP contribution is -2.04. The van der Waals surface area contributed by atoms with E-state index in [1.165, 1.54) is 24.1 Å². The molecule has 0 saturated heterocycles. The van der Waals surface area contributed by atoms with Crippen LogP contribution in [0.4, 0.5) is 11.6 Å². The Kier molecular flexibility index (Phi) is 5.01. The molecule has 1 aromatic heterocycles. The van der Waals surface area contributed by atoms with Crippen LogP contribution in [0.5, 0.6) is 0 Å². The second-order valence-corrected chi connectivity index (χ2v) is 4.83. The molecule has 1 aromatic carbocycles. The van der Waals surface area contributed by atoms with Crippen molar-refractivity contribution in [2.24, 2.45) is 0 Å². The highest BCUT2D eigenvalue weighted by Gasteiger charge is 2.05. The Morgan fingerprint density at radius 3 is 2.79 bits per heavy atom. The molecule has 2 aromatic rings. The van der Waals surface area contributed by atoms with Crippen LogP contribution < -0.4 is 5.32 Å². The number of hydrogen-bond acceptors (Lipinski definition) is 2. The van der Waals surface area contributed by atoms with Gasteiger partial charge in [0.1, 0.15) is 0 Å². The number of aromatic nitrogens is 2. The lowest BCUT2D eigenvalue weighted by molar-refractivity contribution is 0.638. The van der Waals surface area contributed by atoms with Gasteiger partial charge in [0.05, 0.1) is 0 Å². The largest absolute Gasteiger partial charge is 0.325 e. The predicted molar refractivity (Wildman–Crippen MR) is 80.9 cm³/mol. The highest BCUT2D eigenvalue weighted by atomic mass is 15.2. The van der Waals surface area contributed by atoms with Crippen molar-refractivity contribution in [1.82, 2.24) is 9.55 Å². The number of rotatable bonds is 7. The van der Waals surface area contributed by atoms with Crippen molar-refractivity contribution in [3.8, 4) is 0 Å². The van der Waals surface area contributed by atoms with Crippen LogP contribution >= 0.6 is 0 Å². The fourth-order valence-corrected chi connectivity index (χ4v) is 2.19. The summed E-state index contributed by atoms with van der Waals surface area (Å²) in [5.41, 5.74) is 2.53. The second-order valence-electron chi connectivity index (χ2n) is 4.83. The zero-order chi connectivity index (χ0) is 13.5. The minimum absolute atomic E-state index is 0.942. The summed E-state index contributed by atoms with van der Waals surface area (Å²) in [4.78, 5) is 4.42. The molecular formula is C16H23N3. The summed E-state index contributed by atoms with van der Waals surface area (Å²) in [6.45, 7) is 5.44. The minimum Gasteiger partial charge on any atom is -0.325 e. The average molecular weight is 257 g/mol. The number of para-hydroxylation sites is 1. The molecule has 1 heterocycles. The Morgan fingerprint density at radius 2 is 2.00 bits per heavy atom. The number of unbranched alkanes of at least 4 members (excludes halogenated alkanes) is 1. The molecule has 3 nitrogen and oxygen atoms in total. The number of nitrogens with zero attached hydrogens (tertiary/aromatic N) is 2. The molecule has 0 aliphatic rings. The molecule has 0 unspecified atom stereocenters. The molecule has 0 aliphatic heterocycles. The lowest BCUT2D eigenvalue weighted by Gasteiger charge is -2.12. The van der Waals surface area contributed by atoms with Crippen LogP contribution in [0.1, 0.15) is 38.7 Å². The number of nitrogens with one attached hydrogen (secondary N) is 1. The zero-order valence-electron chi connectivity index (χ0n) is 11.9. The third kappa shape index (κ3) is 3.60. The van der Waals surface area contributed by atoms with Gasteiger partial charge in [-0.1, -0.05) is 44.9 Å². The fraction of sp³-hybridized carbons (Fsp3) is 0.438. The van der Waals surface area contributed by atoms with E-state index in [0.29, 0.717) is 0 Å². The van der Waals surface area contributed by atoms with Crippen molar-refractivity contribution < 1.29 is 0 Å². The third-order valence-electron chi connectivity index (χ3n) is 3.25. The summed E-state index contributed by atoms with van der Waals surface area (Å²) in [7, 11) is 0. The Hall–Kier alpha value is -1.77. The van der Waals surface area contributed by atoms with Crippen molar-refractivity contribution in [2.45, 2.75) is 46.1 Å². The van der Waals surface area contributed by atoms with Gasteiger partial charge in [-0.05, 0) is 24.5 Å². The number of imidazole rings is 1. The second kappa shape index (κ2) is 6.98. The first-order valence-corrected chi connectivity index (χ1v) is 7.21. The molecule has 102 valence electrons. The molecule has 0 aliphatic carbocycles. The normalized spacial score (nSPS) is 10.6. The first kappa shape index (κ1) is 13.7. The minimum atomic E-state index is 0.942. The van der Waals surface area contributed by atoms with Crippen LogP contribution in [0.25, 0.3) is 0 Å². The van der Waals surface area contributed by atoms with Gasteiger partial charge in [0.2, 0.25) is 5.95 Å². The summed E-state index contributed by atoms with van der Waals surface area (Å²) in [6, 6.07) is 8.48. The van der Waals surface area contributed by atoms with E-state index < -0.39 is 0 Å². The van der Waals surface area contributed by atoms with Gasteiger partial charge in [0.25, 0.3) is 0 Å². The summed E-state index contributed by atoms with van der Waals surface area (Å²) < 4.78 is 2.19. The molecule has 2 rings (SSSR count). The Bertz CT molecular complexity index is 502. The van der Waals surface area contributed by atoms with Crippen molar-refractivity contribution in [2.75, 3.05) is 5.32 Å². The highest BCUT2D eigenvalue weighted by Crippen LogP contribution is 2.21. The number of benzene rings is 1. The quantitative estimate of drug-likeness (QED) is 0.797. The van der Waals surface area contributed by atoms with Crippen molar-refractivity contribution >= 4 is 11.6 Å². The van der Waals surface area contributed by atoms with E-state index in [1.54, 1.807) is 0 Å². The number of anilines is 2. The van der Waals surface area contributed by atoms with E-state index in [2.05, 4.69) is 53.0 Å². The molecule has 0 saturated carbocycles. The maximum absolute atomic E-state index is 4.42. The molecule has 19 heavy (non-hydrogen) atoms. The van der Waals surface area contributed by atoms with Gasteiger partial charge in [-0.15, -0.1) is 0 Å². The van der Waals surface area contributed by atoms with E-state index in [9.17, 15) is 0 Å². The first-order valence-electron chi connectivity index (χ1n) is 7.21. The lowest BCUT2D eigenvalue weighted by atomic mass is 10.1. The van der Waals surface area contributed by atoms with Crippen LogP contribution in [0.2, 0.25) is 0 Å². The van der Waals surface area contributed by atoms with Crippen LogP contribution in [0.15, 0.2) is 36.7 Å². The molecule has 0 amide bonds. The molecule has 0 bridgehead atoms. The fourth-order valence-electron chi connectivity index (χ4n) is 2.19. The molecule has 0 fully saturated rings. The molecular weight excluding hydrogens is 234 g/mol. The van der Waals surface area contributed by atoms with E-state index in [4.69, 9.17) is 0 Å². The van der Waals surface area contributed by atoms with Gasteiger partial charge >= 0.3 is 0 Å². The van der Waals surface area contributed by atoms with E-state index in [1.807, 2.05) is 12.4 Å². The number of hydrogen-bond donors (Lipinski definition) is 1. The Labute approximate surface area is 115 Å².